The number of aromatic nitrogens is 1. The van der Waals surface area contributed by atoms with Crippen molar-refractivity contribution >= 4 is 52.4 Å². The van der Waals surface area contributed by atoms with Gasteiger partial charge in [-0.15, -0.1) is 0 Å². The second-order valence-corrected chi connectivity index (χ2v) is 11.4. The summed E-state index contributed by atoms with van der Waals surface area (Å²) in [5.41, 5.74) is 19.0. The molecule has 18 nitrogen and oxygen atoms in total. The Morgan fingerprint density at radius 1 is 0.780 bits per heavy atom. The van der Waals surface area contributed by atoms with Crippen molar-refractivity contribution in [2.45, 2.75) is 62.5 Å². The summed E-state index contributed by atoms with van der Waals surface area (Å²) in [5, 5.41) is 38.8. The van der Waals surface area contributed by atoms with Gasteiger partial charge in [0.1, 0.15) is 18.1 Å². The van der Waals surface area contributed by atoms with Crippen LogP contribution in [0.25, 0.3) is 10.9 Å². The summed E-state index contributed by atoms with van der Waals surface area (Å²) >= 11 is 0. The molecule has 0 saturated heterocycles. The number of hydrogen-bond acceptors (Lipinski definition) is 9. The number of rotatable bonds is 19. The van der Waals surface area contributed by atoms with Crippen LogP contribution in [0.2, 0.25) is 0 Å². The Bertz CT molecular complexity index is 1680. The van der Waals surface area contributed by atoms with Crippen LogP contribution in [0.1, 0.15) is 30.4 Å². The van der Waals surface area contributed by atoms with Crippen LogP contribution in [0.4, 0.5) is 0 Å². The molecule has 0 spiro atoms. The third-order valence-corrected chi connectivity index (χ3v) is 7.54. The van der Waals surface area contributed by atoms with E-state index in [4.69, 9.17) is 27.7 Å². The van der Waals surface area contributed by atoms with Crippen molar-refractivity contribution in [1.29, 1.82) is 5.41 Å². The van der Waals surface area contributed by atoms with E-state index in [-0.39, 0.29) is 38.2 Å². The summed E-state index contributed by atoms with van der Waals surface area (Å²) in [7, 11) is 0. The van der Waals surface area contributed by atoms with Crippen LogP contribution >= 0.6 is 0 Å². The Labute approximate surface area is 286 Å². The molecule has 15 N–H and O–H groups in total. The fourth-order valence-electron chi connectivity index (χ4n) is 5.02. The van der Waals surface area contributed by atoms with E-state index in [1.807, 2.05) is 29.6 Å². The van der Waals surface area contributed by atoms with Gasteiger partial charge in [0.15, 0.2) is 5.96 Å². The van der Waals surface area contributed by atoms with Crippen LogP contribution in [0, 0.1) is 5.41 Å². The lowest BCUT2D eigenvalue weighted by Gasteiger charge is -2.26. The maximum absolute atomic E-state index is 13.6. The number of carbonyl (C=O) groups is 6. The Morgan fingerprint density at radius 2 is 1.38 bits per heavy atom. The molecule has 0 bridgehead atoms. The number of aliphatic hydroxyl groups excluding tert-OH is 1. The van der Waals surface area contributed by atoms with E-state index in [0.717, 1.165) is 16.5 Å². The number of amides is 5. The third kappa shape index (κ3) is 11.9. The highest BCUT2D eigenvalue weighted by atomic mass is 16.4. The van der Waals surface area contributed by atoms with Crippen molar-refractivity contribution < 1.29 is 39.0 Å². The molecule has 268 valence electrons. The van der Waals surface area contributed by atoms with Crippen molar-refractivity contribution in [1.82, 2.24) is 31.6 Å². The number of aliphatic carboxylic acids is 1. The third-order valence-electron chi connectivity index (χ3n) is 7.54. The van der Waals surface area contributed by atoms with Crippen molar-refractivity contribution in [2.24, 2.45) is 17.2 Å². The molecule has 1 unspecified atom stereocenters. The highest BCUT2D eigenvalue weighted by Gasteiger charge is 2.32. The monoisotopic (exact) mass is 694 g/mol. The maximum Gasteiger partial charge on any atom is 0.353 e. The molecule has 1 aromatic heterocycles. The summed E-state index contributed by atoms with van der Waals surface area (Å²) < 4.78 is 0. The van der Waals surface area contributed by atoms with Crippen LogP contribution < -0.4 is 43.8 Å². The second kappa shape index (κ2) is 18.5. The van der Waals surface area contributed by atoms with E-state index >= 15 is 0 Å². The fraction of sp³-hybridized carbons (Fsp3) is 0.344. The number of benzene rings is 2. The average Bonchev–Trinajstić information content (AvgIpc) is 3.47. The second-order valence-electron chi connectivity index (χ2n) is 11.4. The van der Waals surface area contributed by atoms with E-state index in [9.17, 15) is 33.9 Å². The molecule has 0 fully saturated rings. The zero-order valence-corrected chi connectivity index (χ0v) is 27.0. The Hall–Kier alpha value is -6.01. The molecule has 0 aliphatic carbocycles. The summed E-state index contributed by atoms with van der Waals surface area (Å²) in [6, 6.07) is 10.4. The first-order chi connectivity index (χ1) is 23.7. The largest absolute Gasteiger partial charge is 0.478 e. The van der Waals surface area contributed by atoms with E-state index in [0.29, 0.717) is 5.56 Å². The quantitative estimate of drug-likeness (QED) is 0.0267. The van der Waals surface area contributed by atoms with Crippen LogP contribution in [-0.4, -0.2) is 93.6 Å². The maximum atomic E-state index is 13.6. The zero-order valence-electron chi connectivity index (χ0n) is 27.0. The van der Waals surface area contributed by atoms with Gasteiger partial charge in [-0.2, -0.15) is 0 Å². The van der Waals surface area contributed by atoms with Gasteiger partial charge in [-0.1, -0.05) is 48.5 Å². The summed E-state index contributed by atoms with van der Waals surface area (Å²) in [5.74, 6) is -6.62. The van der Waals surface area contributed by atoms with E-state index < -0.39 is 72.3 Å². The molecule has 50 heavy (non-hydrogen) atoms. The number of fused-ring (bicyclic) bond motifs is 1. The summed E-state index contributed by atoms with van der Waals surface area (Å²) in [6.45, 7) is 0.123. The number of aromatic amines is 1. The minimum absolute atomic E-state index is 0.0768. The molecule has 2 aromatic carbocycles. The SMILES string of the molecule is N=C(N)NCCC[C@H](NC(=O)[C@H](CC(N)=O)NC(=O)[C@@H](N)Cc1c[nH]c2ccccc12)C(=O)N[C@@H](Cc1ccccc1)C(=O)NC(O)C(=O)O. The summed E-state index contributed by atoms with van der Waals surface area (Å²) in [6.07, 6.45) is -1.11. The van der Waals surface area contributed by atoms with Gasteiger partial charge in [0.05, 0.1) is 12.5 Å². The first kappa shape index (κ1) is 38.4. The highest BCUT2D eigenvalue weighted by molar-refractivity contribution is 5.97. The van der Waals surface area contributed by atoms with Gasteiger partial charge in [0.2, 0.25) is 35.8 Å². The molecule has 0 aliphatic rings. The lowest BCUT2D eigenvalue weighted by Crippen LogP contribution is -2.59. The lowest BCUT2D eigenvalue weighted by molar-refractivity contribution is -0.151. The first-order valence-electron chi connectivity index (χ1n) is 15.6. The number of carboxylic acids is 1. The minimum atomic E-state index is -2.26. The molecule has 18 heteroatoms. The van der Waals surface area contributed by atoms with Crippen molar-refractivity contribution in [2.75, 3.05) is 6.54 Å². The van der Waals surface area contributed by atoms with Gasteiger partial charge >= 0.3 is 5.97 Å². The topological polar surface area (TPSA) is 321 Å². The van der Waals surface area contributed by atoms with Crippen LogP contribution in [0.15, 0.2) is 60.8 Å². The number of primary amides is 1. The zero-order chi connectivity index (χ0) is 36.8. The molecule has 0 saturated carbocycles. The Kier molecular flexibility index (Phi) is 14.2. The number of carbonyl (C=O) groups excluding carboxylic acids is 5. The molecule has 3 rings (SSSR count). The van der Waals surface area contributed by atoms with Gasteiger partial charge in [-0.25, -0.2) is 4.79 Å². The molecule has 0 radical (unpaired) electrons. The number of carboxylic acid groups (broad SMARTS) is 1. The number of hydrogen-bond donors (Lipinski definition) is 12. The lowest BCUT2D eigenvalue weighted by atomic mass is 10.0. The molecule has 0 aliphatic heterocycles. The average molecular weight is 695 g/mol. The normalized spacial score (nSPS) is 13.9. The first-order valence-corrected chi connectivity index (χ1v) is 15.6. The minimum Gasteiger partial charge on any atom is -0.478 e. The van der Waals surface area contributed by atoms with E-state index in [1.165, 1.54) is 0 Å². The van der Waals surface area contributed by atoms with Gasteiger partial charge in [0, 0.05) is 30.1 Å². The smallest absolute Gasteiger partial charge is 0.353 e. The van der Waals surface area contributed by atoms with Crippen LogP contribution in [0.3, 0.4) is 0 Å². The van der Waals surface area contributed by atoms with Crippen LogP contribution in [0.5, 0.6) is 0 Å². The van der Waals surface area contributed by atoms with Gasteiger partial charge in [-0.05, 0) is 36.5 Å². The number of aliphatic hydroxyl groups is 1. The molecular formula is C32H42N10O8. The Balaban J connectivity index is 1.79. The van der Waals surface area contributed by atoms with E-state index in [1.54, 1.807) is 36.5 Å². The van der Waals surface area contributed by atoms with Gasteiger partial charge in [-0.3, -0.25) is 29.4 Å². The highest BCUT2D eigenvalue weighted by Crippen LogP contribution is 2.19. The fourth-order valence-corrected chi connectivity index (χ4v) is 5.02. The molecule has 5 amide bonds. The van der Waals surface area contributed by atoms with Gasteiger partial charge < -0.3 is 59.0 Å². The van der Waals surface area contributed by atoms with Gasteiger partial charge in [0.25, 0.3) is 0 Å². The number of guanidine groups is 1. The summed E-state index contributed by atoms with van der Waals surface area (Å²) in [4.78, 5) is 79.4. The standard InChI is InChI=1S/C32H42N10O8/c33-20(14-18-16-38-21-10-5-4-9-19(18)21)26(44)40-24(15-25(34)43)28(46)39-22(11-6-12-37-32(35)36)27(45)41-23(13-17-7-2-1-3-8-17)29(47)42-30(48)31(49)50/h1-5,7-10,16,20,22-24,30,38,48H,6,11-15,33H2,(H2,34,43)(H,39,46)(H,40,44)(H,41,45)(H,42,47)(H,49,50)(H4,35,36,37)/t20-,22-,23-,24-,30?/m0/s1. The number of H-pyrrole nitrogens is 1. The molecule has 1 heterocycles. The predicted octanol–water partition coefficient (Wildman–Crippen LogP) is -2.61. The number of nitrogens with one attached hydrogen (secondary N) is 7. The van der Waals surface area contributed by atoms with Crippen molar-refractivity contribution in [3.63, 3.8) is 0 Å². The number of nitrogens with two attached hydrogens (primary N) is 3. The predicted molar refractivity (Wildman–Crippen MR) is 181 cm³/mol. The number of para-hydroxylation sites is 1. The van der Waals surface area contributed by atoms with Crippen LogP contribution in [-0.2, 0) is 41.6 Å². The molecular weight excluding hydrogens is 652 g/mol. The van der Waals surface area contributed by atoms with Crippen molar-refractivity contribution in [3.05, 3.63) is 71.9 Å². The Morgan fingerprint density at radius 3 is 2.04 bits per heavy atom. The van der Waals surface area contributed by atoms with E-state index in [2.05, 4.69) is 26.3 Å². The molecule has 5 atom stereocenters. The molecule has 3 aromatic rings. The van der Waals surface area contributed by atoms with Crippen molar-refractivity contribution in [3.8, 4) is 0 Å².